The largest absolute Gasteiger partial charge is 0.480 e. The molecule has 8 nitrogen and oxygen atoms in total. The Kier molecular flexibility index (Phi) is 5.05. The number of carboxylic acids is 1. The number of carbonyl (C=O) groups is 1. The molecule has 0 spiro atoms. The van der Waals surface area contributed by atoms with E-state index in [2.05, 4.69) is 15.0 Å². The number of rotatable bonds is 6. The minimum atomic E-state index is -0.961. The van der Waals surface area contributed by atoms with Gasteiger partial charge in [-0.3, -0.25) is 4.57 Å². The number of anilines is 1. The lowest BCUT2D eigenvalue weighted by molar-refractivity contribution is 0.0697. The van der Waals surface area contributed by atoms with Crippen LogP contribution in [0.3, 0.4) is 0 Å². The molecule has 0 unspecified atom stereocenters. The zero-order valence-corrected chi connectivity index (χ0v) is 16.0. The van der Waals surface area contributed by atoms with Gasteiger partial charge in [0.05, 0.1) is 12.1 Å². The summed E-state index contributed by atoms with van der Waals surface area (Å²) >= 11 is 1.37. The highest BCUT2D eigenvalue weighted by Crippen LogP contribution is 2.28. The Balaban J connectivity index is 1.60. The Bertz CT molecular complexity index is 1180. The monoisotopic (exact) mass is 407 g/mol. The van der Waals surface area contributed by atoms with Crippen LogP contribution in [0.5, 0.6) is 6.01 Å². The highest BCUT2D eigenvalue weighted by atomic mass is 32.2. The molecule has 29 heavy (non-hydrogen) atoms. The number of aromatic carboxylic acids is 1. The van der Waals surface area contributed by atoms with Gasteiger partial charge in [0.2, 0.25) is 0 Å². The molecule has 4 rings (SSSR count). The van der Waals surface area contributed by atoms with Gasteiger partial charge in [-0.05, 0) is 23.3 Å². The van der Waals surface area contributed by atoms with Gasteiger partial charge >= 0.3 is 5.97 Å². The van der Waals surface area contributed by atoms with Crippen LogP contribution < -0.4 is 5.73 Å². The molecule has 0 atom stereocenters. The first-order valence-corrected chi connectivity index (χ1v) is 9.71. The maximum absolute atomic E-state index is 11.0. The summed E-state index contributed by atoms with van der Waals surface area (Å²) in [6, 6.07) is 16.1. The Morgan fingerprint density at radius 2 is 1.72 bits per heavy atom. The molecule has 2 aromatic carbocycles. The van der Waals surface area contributed by atoms with Crippen LogP contribution in [0.25, 0.3) is 11.2 Å². The predicted molar refractivity (Wildman–Crippen MR) is 110 cm³/mol. The number of thioether (sulfide) groups is 1. The number of aromatic nitrogens is 4. The first-order chi connectivity index (χ1) is 14.0. The summed E-state index contributed by atoms with van der Waals surface area (Å²) < 4.78 is 1.59. The van der Waals surface area contributed by atoms with E-state index in [4.69, 9.17) is 10.8 Å². The molecular weight excluding hydrogens is 390 g/mol. The number of carboxylic acid groups (broad SMARTS) is 1. The number of benzene rings is 2. The zero-order valence-electron chi connectivity index (χ0n) is 15.2. The molecule has 9 heteroatoms. The number of aromatic hydroxyl groups is 1. The fourth-order valence-electron chi connectivity index (χ4n) is 2.86. The maximum atomic E-state index is 11.0. The fraction of sp³-hybridized carbons (Fsp3) is 0.100. The first kappa shape index (κ1) is 18.8. The summed E-state index contributed by atoms with van der Waals surface area (Å²) in [6.07, 6.45) is 0. The van der Waals surface area contributed by atoms with E-state index in [9.17, 15) is 9.90 Å². The van der Waals surface area contributed by atoms with Crippen molar-refractivity contribution < 1.29 is 15.0 Å². The summed E-state index contributed by atoms with van der Waals surface area (Å²) in [5.74, 6) is -0.220. The average Bonchev–Trinajstić information content (AvgIpc) is 3.03. The van der Waals surface area contributed by atoms with Gasteiger partial charge in [0.25, 0.3) is 6.01 Å². The third-order valence-electron chi connectivity index (χ3n) is 4.33. The summed E-state index contributed by atoms with van der Waals surface area (Å²) in [5.41, 5.74) is 9.02. The minimum absolute atomic E-state index is 0.170. The van der Waals surface area contributed by atoms with E-state index in [1.165, 1.54) is 11.8 Å². The van der Waals surface area contributed by atoms with Gasteiger partial charge in [-0.2, -0.15) is 4.98 Å². The molecule has 0 saturated carbocycles. The third kappa shape index (κ3) is 3.99. The van der Waals surface area contributed by atoms with Crippen molar-refractivity contribution in [2.45, 2.75) is 17.5 Å². The Morgan fingerprint density at radius 3 is 2.41 bits per heavy atom. The summed E-state index contributed by atoms with van der Waals surface area (Å²) in [7, 11) is 0. The number of imidazole rings is 1. The number of nitrogens with two attached hydrogens (primary N) is 1. The molecule has 0 saturated heterocycles. The first-order valence-electron chi connectivity index (χ1n) is 8.73. The summed E-state index contributed by atoms with van der Waals surface area (Å²) in [6.45, 7) is 0.403. The third-order valence-corrected chi connectivity index (χ3v) is 5.25. The van der Waals surface area contributed by atoms with Gasteiger partial charge in [-0.25, -0.2) is 14.8 Å². The molecule has 0 amide bonds. The number of nitrogens with zero attached hydrogens (tertiary/aromatic N) is 4. The summed E-state index contributed by atoms with van der Waals surface area (Å²) in [4.78, 5) is 23.9. The van der Waals surface area contributed by atoms with Crippen LogP contribution in [0.2, 0.25) is 0 Å². The lowest BCUT2D eigenvalue weighted by Crippen LogP contribution is -2.03. The Hall–Kier alpha value is -3.59. The number of fused-ring (bicyclic) bond motifs is 1. The molecule has 4 aromatic rings. The van der Waals surface area contributed by atoms with E-state index >= 15 is 0 Å². The van der Waals surface area contributed by atoms with Gasteiger partial charge in [0.15, 0.2) is 22.1 Å². The quantitative estimate of drug-likeness (QED) is 0.329. The normalized spacial score (nSPS) is 11.0. The van der Waals surface area contributed by atoms with Crippen LogP contribution >= 0.6 is 11.8 Å². The smallest absolute Gasteiger partial charge is 0.335 e. The van der Waals surface area contributed by atoms with E-state index in [-0.39, 0.29) is 17.4 Å². The van der Waals surface area contributed by atoms with Crippen molar-refractivity contribution in [1.29, 1.82) is 0 Å². The van der Waals surface area contributed by atoms with Gasteiger partial charge < -0.3 is 15.9 Å². The van der Waals surface area contributed by atoms with Crippen molar-refractivity contribution in [1.82, 2.24) is 19.5 Å². The highest BCUT2D eigenvalue weighted by molar-refractivity contribution is 7.98. The van der Waals surface area contributed by atoms with Gasteiger partial charge in [-0.1, -0.05) is 54.2 Å². The van der Waals surface area contributed by atoms with Crippen molar-refractivity contribution in [3.8, 4) is 6.01 Å². The lowest BCUT2D eigenvalue weighted by atomic mass is 10.1. The molecule has 0 aliphatic heterocycles. The maximum Gasteiger partial charge on any atom is 0.335 e. The van der Waals surface area contributed by atoms with Crippen LogP contribution in [0.15, 0.2) is 59.8 Å². The SMILES string of the molecule is Nc1nc(SCc2ccc(C(=O)O)cc2)nc2c1nc(O)n2Cc1ccccc1. The fourth-order valence-corrected chi connectivity index (χ4v) is 3.66. The Labute approximate surface area is 170 Å². The highest BCUT2D eigenvalue weighted by Gasteiger charge is 2.17. The van der Waals surface area contributed by atoms with E-state index in [0.29, 0.717) is 28.6 Å². The second-order valence-electron chi connectivity index (χ2n) is 6.34. The van der Waals surface area contributed by atoms with E-state index in [0.717, 1.165) is 11.1 Å². The molecule has 0 bridgehead atoms. The van der Waals surface area contributed by atoms with Crippen LogP contribution in [0.4, 0.5) is 5.82 Å². The van der Waals surface area contributed by atoms with Crippen LogP contribution in [0, 0.1) is 0 Å². The summed E-state index contributed by atoms with van der Waals surface area (Å²) in [5, 5.41) is 19.7. The zero-order chi connectivity index (χ0) is 20.4. The van der Waals surface area contributed by atoms with Crippen LogP contribution in [-0.4, -0.2) is 35.7 Å². The number of hydrogen-bond donors (Lipinski definition) is 3. The molecule has 146 valence electrons. The number of hydrogen-bond acceptors (Lipinski definition) is 7. The van der Waals surface area contributed by atoms with Crippen molar-refractivity contribution in [2.75, 3.05) is 5.73 Å². The molecular formula is C20H17N5O3S. The second kappa shape index (κ2) is 7.80. The van der Waals surface area contributed by atoms with Crippen molar-refractivity contribution >= 4 is 34.7 Å². The standard InChI is InChI=1S/C20H17N5O3S/c21-16-15-17(25(20(28)22-15)10-12-4-2-1-3-5-12)24-19(23-16)29-11-13-6-8-14(9-7-13)18(26)27/h1-9H,10-11H2,(H,22,28)(H,26,27)(H2,21,23,24). The lowest BCUT2D eigenvalue weighted by Gasteiger charge is -2.07. The van der Waals surface area contributed by atoms with Gasteiger partial charge in [-0.15, -0.1) is 0 Å². The van der Waals surface area contributed by atoms with Gasteiger partial charge in [0, 0.05) is 5.75 Å². The molecule has 4 N–H and O–H groups in total. The molecule has 2 heterocycles. The average molecular weight is 407 g/mol. The van der Waals surface area contributed by atoms with E-state index < -0.39 is 5.97 Å². The van der Waals surface area contributed by atoms with Crippen LogP contribution in [0.1, 0.15) is 21.5 Å². The van der Waals surface area contributed by atoms with Crippen molar-refractivity contribution in [3.05, 3.63) is 71.3 Å². The topological polar surface area (TPSA) is 127 Å². The predicted octanol–water partition coefficient (Wildman–Crippen LogP) is 3.15. The molecule has 0 radical (unpaired) electrons. The molecule has 0 aliphatic carbocycles. The van der Waals surface area contributed by atoms with Crippen molar-refractivity contribution in [2.24, 2.45) is 0 Å². The molecule has 0 fully saturated rings. The van der Waals surface area contributed by atoms with Crippen molar-refractivity contribution in [3.63, 3.8) is 0 Å². The van der Waals surface area contributed by atoms with E-state index in [1.807, 2.05) is 30.3 Å². The molecule has 0 aliphatic rings. The van der Waals surface area contributed by atoms with Crippen LogP contribution in [-0.2, 0) is 12.3 Å². The van der Waals surface area contributed by atoms with Gasteiger partial charge in [0.1, 0.15) is 0 Å². The number of nitrogen functional groups attached to an aromatic ring is 1. The van der Waals surface area contributed by atoms with E-state index in [1.54, 1.807) is 28.8 Å². The second-order valence-corrected chi connectivity index (χ2v) is 7.28. The minimum Gasteiger partial charge on any atom is -0.480 e. The molecule has 2 aromatic heterocycles. The Morgan fingerprint density at radius 1 is 1.00 bits per heavy atom.